The van der Waals surface area contributed by atoms with Gasteiger partial charge in [-0.05, 0) is 31.5 Å². The number of aromatic carboxylic acids is 1. The molecule has 1 aromatic heterocycles. The standard InChI is InChI=1S/C13H21NO2S/c1-3-4-5-6-7-14-9-11-8-12(13(15)16)17-10(11)2/h8,14H,3-7,9H2,1-2H3,(H,15,16). The minimum atomic E-state index is -0.827. The van der Waals surface area contributed by atoms with E-state index in [0.717, 1.165) is 23.5 Å². The lowest BCUT2D eigenvalue weighted by Crippen LogP contribution is -2.14. The van der Waals surface area contributed by atoms with Crippen LogP contribution in [0.3, 0.4) is 0 Å². The van der Waals surface area contributed by atoms with Crippen LogP contribution in [0.15, 0.2) is 6.07 Å². The zero-order valence-electron chi connectivity index (χ0n) is 10.6. The van der Waals surface area contributed by atoms with Crippen LogP contribution in [-0.4, -0.2) is 17.6 Å². The summed E-state index contributed by atoms with van der Waals surface area (Å²) in [5.41, 5.74) is 1.11. The van der Waals surface area contributed by atoms with Crippen LogP contribution in [0.1, 0.15) is 52.7 Å². The average molecular weight is 255 g/mol. The predicted octanol–water partition coefficient (Wildman–Crippen LogP) is 3.42. The summed E-state index contributed by atoms with van der Waals surface area (Å²) in [7, 11) is 0. The van der Waals surface area contributed by atoms with E-state index in [4.69, 9.17) is 5.11 Å². The largest absolute Gasteiger partial charge is 0.477 e. The van der Waals surface area contributed by atoms with Gasteiger partial charge in [-0.2, -0.15) is 0 Å². The molecular weight excluding hydrogens is 234 g/mol. The van der Waals surface area contributed by atoms with Crippen LogP contribution < -0.4 is 5.32 Å². The van der Waals surface area contributed by atoms with Crippen molar-refractivity contribution in [2.45, 2.75) is 46.1 Å². The Hall–Kier alpha value is -0.870. The molecule has 0 bridgehead atoms. The molecular formula is C13H21NO2S. The van der Waals surface area contributed by atoms with Crippen molar-refractivity contribution in [2.24, 2.45) is 0 Å². The van der Waals surface area contributed by atoms with Gasteiger partial charge in [-0.3, -0.25) is 0 Å². The van der Waals surface area contributed by atoms with Crippen LogP contribution in [0.4, 0.5) is 0 Å². The highest BCUT2D eigenvalue weighted by atomic mass is 32.1. The molecule has 0 aliphatic carbocycles. The van der Waals surface area contributed by atoms with Crippen molar-refractivity contribution in [1.29, 1.82) is 0 Å². The summed E-state index contributed by atoms with van der Waals surface area (Å²) in [4.78, 5) is 12.3. The van der Waals surface area contributed by atoms with Gasteiger partial charge in [0.2, 0.25) is 0 Å². The summed E-state index contributed by atoms with van der Waals surface area (Å²) in [5, 5.41) is 12.2. The van der Waals surface area contributed by atoms with E-state index in [1.807, 2.05) is 6.92 Å². The van der Waals surface area contributed by atoms with E-state index in [1.54, 1.807) is 6.07 Å². The van der Waals surface area contributed by atoms with E-state index < -0.39 is 5.97 Å². The highest BCUT2D eigenvalue weighted by Gasteiger charge is 2.10. The molecule has 17 heavy (non-hydrogen) atoms. The van der Waals surface area contributed by atoms with Crippen molar-refractivity contribution in [3.63, 3.8) is 0 Å². The fraction of sp³-hybridized carbons (Fsp3) is 0.615. The Labute approximate surface area is 107 Å². The molecule has 0 saturated carbocycles. The molecule has 0 fully saturated rings. The third kappa shape index (κ3) is 4.88. The monoisotopic (exact) mass is 255 g/mol. The van der Waals surface area contributed by atoms with Crippen LogP contribution in [0.5, 0.6) is 0 Å². The van der Waals surface area contributed by atoms with Crippen molar-refractivity contribution in [2.75, 3.05) is 6.54 Å². The number of carboxylic acids is 1. The zero-order chi connectivity index (χ0) is 12.7. The lowest BCUT2D eigenvalue weighted by Gasteiger charge is -2.03. The van der Waals surface area contributed by atoms with Gasteiger partial charge in [0.05, 0.1) is 0 Å². The molecule has 0 aliphatic rings. The maximum Gasteiger partial charge on any atom is 0.345 e. The highest BCUT2D eigenvalue weighted by molar-refractivity contribution is 7.14. The first kappa shape index (κ1) is 14.2. The van der Waals surface area contributed by atoms with Gasteiger partial charge in [-0.25, -0.2) is 4.79 Å². The lowest BCUT2D eigenvalue weighted by molar-refractivity contribution is 0.0702. The predicted molar refractivity (Wildman–Crippen MR) is 71.9 cm³/mol. The van der Waals surface area contributed by atoms with Crippen molar-refractivity contribution in [3.8, 4) is 0 Å². The van der Waals surface area contributed by atoms with Crippen LogP contribution in [0.2, 0.25) is 0 Å². The topological polar surface area (TPSA) is 49.3 Å². The molecule has 1 rings (SSSR count). The third-order valence-corrected chi connectivity index (χ3v) is 3.83. The Morgan fingerprint density at radius 2 is 2.18 bits per heavy atom. The average Bonchev–Trinajstić information content (AvgIpc) is 2.65. The van der Waals surface area contributed by atoms with Gasteiger partial charge in [0.25, 0.3) is 0 Å². The minimum Gasteiger partial charge on any atom is -0.477 e. The molecule has 0 unspecified atom stereocenters. The van der Waals surface area contributed by atoms with Crippen molar-refractivity contribution < 1.29 is 9.90 Å². The maximum absolute atomic E-state index is 10.8. The van der Waals surface area contributed by atoms with Crippen LogP contribution in [0, 0.1) is 6.92 Å². The molecule has 2 N–H and O–H groups in total. The van der Waals surface area contributed by atoms with Crippen LogP contribution in [-0.2, 0) is 6.54 Å². The number of hydrogen-bond donors (Lipinski definition) is 2. The molecule has 1 heterocycles. The molecule has 0 radical (unpaired) electrons. The second-order valence-electron chi connectivity index (χ2n) is 4.23. The van der Waals surface area contributed by atoms with E-state index in [0.29, 0.717) is 4.88 Å². The van der Waals surface area contributed by atoms with Gasteiger partial charge >= 0.3 is 5.97 Å². The fourth-order valence-corrected chi connectivity index (χ4v) is 2.58. The van der Waals surface area contributed by atoms with Crippen LogP contribution in [0.25, 0.3) is 0 Å². The quantitative estimate of drug-likeness (QED) is 0.700. The SMILES string of the molecule is CCCCCCNCc1cc(C(=O)O)sc1C. The van der Waals surface area contributed by atoms with Crippen molar-refractivity contribution in [1.82, 2.24) is 5.32 Å². The van der Waals surface area contributed by atoms with Crippen molar-refractivity contribution in [3.05, 3.63) is 21.4 Å². The number of nitrogens with one attached hydrogen (secondary N) is 1. The molecule has 0 atom stereocenters. The molecule has 96 valence electrons. The number of aryl methyl sites for hydroxylation is 1. The molecule has 0 spiro atoms. The van der Waals surface area contributed by atoms with Gasteiger partial charge in [0.15, 0.2) is 0 Å². The van der Waals surface area contributed by atoms with Crippen LogP contribution >= 0.6 is 11.3 Å². The number of rotatable bonds is 8. The molecule has 0 aliphatic heterocycles. The fourth-order valence-electron chi connectivity index (χ4n) is 1.70. The number of carbonyl (C=O) groups is 1. The molecule has 0 amide bonds. The summed E-state index contributed by atoms with van der Waals surface area (Å²) >= 11 is 1.35. The number of carboxylic acid groups (broad SMARTS) is 1. The van der Waals surface area contributed by atoms with E-state index in [1.165, 1.54) is 37.0 Å². The first-order valence-corrected chi connectivity index (χ1v) is 7.00. The van der Waals surface area contributed by atoms with Gasteiger partial charge in [0, 0.05) is 11.4 Å². The Balaban J connectivity index is 2.29. The highest BCUT2D eigenvalue weighted by Crippen LogP contribution is 2.21. The van der Waals surface area contributed by atoms with Gasteiger partial charge in [0.1, 0.15) is 4.88 Å². The summed E-state index contributed by atoms with van der Waals surface area (Å²) in [5.74, 6) is -0.827. The zero-order valence-corrected chi connectivity index (χ0v) is 11.4. The van der Waals surface area contributed by atoms with E-state index in [2.05, 4.69) is 12.2 Å². The Bertz CT molecular complexity index is 360. The maximum atomic E-state index is 10.8. The Kier molecular flexibility index (Phi) is 6.22. The summed E-state index contributed by atoms with van der Waals surface area (Å²) in [6, 6.07) is 1.78. The third-order valence-electron chi connectivity index (χ3n) is 2.75. The van der Waals surface area contributed by atoms with E-state index in [-0.39, 0.29) is 0 Å². The summed E-state index contributed by atoms with van der Waals surface area (Å²) < 4.78 is 0. The van der Waals surface area contributed by atoms with Crippen molar-refractivity contribution >= 4 is 17.3 Å². The van der Waals surface area contributed by atoms with E-state index >= 15 is 0 Å². The summed E-state index contributed by atoms with van der Waals surface area (Å²) in [6.07, 6.45) is 5.02. The Morgan fingerprint density at radius 3 is 2.76 bits per heavy atom. The van der Waals surface area contributed by atoms with Gasteiger partial charge in [-0.15, -0.1) is 11.3 Å². The second-order valence-corrected chi connectivity index (χ2v) is 5.49. The minimum absolute atomic E-state index is 0.435. The van der Waals surface area contributed by atoms with E-state index in [9.17, 15) is 4.79 Å². The molecule has 4 heteroatoms. The molecule has 3 nitrogen and oxygen atoms in total. The first-order chi connectivity index (χ1) is 8.15. The molecule has 1 aromatic rings. The summed E-state index contributed by atoms with van der Waals surface area (Å²) in [6.45, 7) is 5.97. The number of hydrogen-bond acceptors (Lipinski definition) is 3. The lowest BCUT2D eigenvalue weighted by atomic mass is 10.2. The molecule has 0 aromatic carbocycles. The number of thiophene rings is 1. The van der Waals surface area contributed by atoms with Gasteiger partial charge < -0.3 is 10.4 Å². The van der Waals surface area contributed by atoms with Gasteiger partial charge in [-0.1, -0.05) is 26.2 Å². The Morgan fingerprint density at radius 1 is 1.41 bits per heavy atom. The normalized spacial score (nSPS) is 10.7. The first-order valence-electron chi connectivity index (χ1n) is 6.18. The smallest absolute Gasteiger partial charge is 0.345 e. The number of unbranched alkanes of at least 4 members (excludes halogenated alkanes) is 3. The molecule has 0 saturated heterocycles. The second kappa shape index (κ2) is 7.45.